The lowest BCUT2D eigenvalue weighted by Gasteiger charge is -2.27. The van der Waals surface area contributed by atoms with Crippen LogP contribution in [0.1, 0.15) is 32.3 Å². The van der Waals surface area contributed by atoms with E-state index in [9.17, 15) is 8.42 Å². The number of nitrogens with one attached hydrogen (secondary N) is 1. The standard InChI is InChI=1S/C16H26N2O2S/c1-13(2)16-5-4-12-18(16)21(19,20)15-8-6-14(7-9-15)10-11-17-3/h6-9,13,16-17H,4-5,10-12H2,1-3H3. The molecule has 1 atom stereocenters. The molecular formula is C16H26N2O2S. The lowest BCUT2D eigenvalue weighted by Crippen LogP contribution is -2.38. The number of hydrogen-bond acceptors (Lipinski definition) is 3. The van der Waals surface area contributed by atoms with Crippen molar-refractivity contribution in [1.29, 1.82) is 0 Å². The van der Waals surface area contributed by atoms with E-state index in [-0.39, 0.29) is 6.04 Å². The normalized spacial score (nSPS) is 20.3. The van der Waals surface area contributed by atoms with Gasteiger partial charge in [-0.15, -0.1) is 0 Å². The Morgan fingerprint density at radius 1 is 1.29 bits per heavy atom. The lowest BCUT2D eigenvalue weighted by molar-refractivity contribution is 0.316. The summed E-state index contributed by atoms with van der Waals surface area (Å²) in [6, 6.07) is 7.47. The minimum absolute atomic E-state index is 0.138. The predicted molar refractivity (Wildman–Crippen MR) is 85.8 cm³/mol. The zero-order valence-corrected chi connectivity index (χ0v) is 14.0. The van der Waals surface area contributed by atoms with E-state index in [4.69, 9.17) is 0 Å². The molecule has 0 aromatic heterocycles. The molecule has 21 heavy (non-hydrogen) atoms. The van der Waals surface area contributed by atoms with Crippen molar-refractivity contribution in [3.63, 3.8) is 0 Å². The van der Waals surface area contributed by atoms with Crippen LogP contribution in [-0.4, -0.2) is 38.9 Å². The number of hydrogen-bond donors (Lipinski definition) is 1. The topological polar surface area (TPSA) is 49.4 Å². The Balaban J connectivity index is 2.19. The van der Waals surface area contributed by atoms with Crippen molar-refractivity contribution in [1.82, 2.24) is 9.62 Å². The van der Waals surface area contributed by atoms with E-state index in [0.29, 0.717) is 17.4 Å². The van der Waals surface area contributed by atoms with E-state index in [0.717, 1.165) is 31.4 Å². The molecule has 1 aromatic rings. The summed E-state index contributed by atoms with van der Waals surface area (Å²) in [6.45, 7) is 5.74. The average molecular weight is 310 g/mol. The van der Waals surface area contributed by atoms with Crippen molar-refractivity contribution in [3.8, 4) is 0 Å². The van der Waals surface area contributed by atoms with Crippen LogP contribution in [0.3, 0.4) is 0 Å². The van der Waals surface area contributed by atoms with Crippen molar-refractivity contribution >= 4 is 10.0 Å². The van der Waals surface area contributed by atoms with Gasteiger partial charge in [-0.1, -0.05) is 26.0 Å². The van der Waals surface area contributed by atoms with Crippen LogP contribution in [0.25, 0.3) is 0 Å². The average Bonchev–Trinajstić information content (AvgIpc) is 2.96. The maximum absolute atomic E-state index is 12.8. The van der Waals surface area contributed by atoms with Crippen molar-refractivity contribution in [2.45, 2.75) is 44.0 Å². The van der Waals surface area contributed by atoms with Gasteiger partial charge >= 0.3 is 0 Å². The zero-order chi connectivity index (χ0) is 15.5. The van der Waals surface area contributed by atoms with E-state index in [2.05, 4.69) is 19.2 Å². The Bertz CT molecular complexity index is 552. The highest BCUT2D eigenvalue weighted by molar-refractivity contribution is 7.89. The number of likely N-dealkylation sites (N-methyl/N-ethyl adjacent to an activating group) is 1. The van der Waals surface area contributed by atoms with Gasteiger partial charge in [0.1, 0.15) is 0 Å². The maximum atomic E-state index is 12.8. The summed E-state index contributed by atoms with van der Waals surface area (Å²) < 4.78 is 27.3. The highest BCUT2D eigenvalue weighted by atomic mass is 32.2. The van der Waals surface area contributed by atoms with Crippen LogP contribution in [0.5, 0.6) is 0 Å². The molecule has 0 aliphatic carbocycles. The van der Waals surface area contributed by atoms with Gasteiger partial charge in [0.25, 0.3) is 0 Å². The molecule has 1 unspecified atom stereocenters. The van der Waals surface area contributed by atoms with E-state index in [1.807, 2.05) is 19.2 Å². The van der Waals surface area contributed by atoms with Crippen LogP contribution in [0.15, 0.2) is 29.2 Å². The van der Waals surface area contributed by atoms with Crippen molar-refractivity contribution in [3.05, 3.63) is 29.8 Å². The van der Waals surface area contributed by atoms with Gasteiger partial charge in [0.2, 0.25) is 10.0 Å². The third-order valence-electron chi connectivity index (χ3n) is 4.21. The van der Waals surface area contributed by atoms with Gasteiger partial charge in [-0.3, -0.25) is 0 Å². The second-order valence-corrected chi connectivity index (χ2v) is 7.96. The van der Waals surface area contributed by atoms with Crippen LogP contribution in [0.4, 0.5) is 0 Å². The Kier molecular flexibility index (Phi) is 5.41. The SMILES string of the molecule is CNCCc1ccc(S(=O)(=O)N2CCCC2C(C)C)cc1. The first kappa shape index (κ1) is 16.5. The van der Waals surface area contributed by atoms with Crippen molar-refractivity contribution in [2.24, 2.45) is 5.92 Å². The van der Waals surface area contributed by atoms with Crippen LogP contribution >= 0.6 is 0 Å². The van der Waals surface area contributed by atoms with E-state index in [1.54, 1.807) is 16.4 Å². The molecule has 1 aliphatic heterocycles. The van der Waals surface area contributed by atoms with Crippen LogP contribution in [-0.2, 0) is 16.4 Å². The summed E-state index contributed by atoms with van der Waals surface area (Å²) in [5, 5.41) is 3.10. The molecular weight excluding hydrogens is 284 g/mol. The van der Waals surface area contributed by atoms with Crippen molar-refractivity contribution < 1.29 is 8.42 Å². The summed E-state index contributed by atoms with van der Waals surface area (Å²) >= 11 is 0. The fraction of sp³-hybridized carbons (Fsp3) is 0.625. The summed E-state index contributed by atoms with van der Waals surface area (Å²) in [4.78, 5) is 0.420. The van der Waals surface area contributed by atoms with Crippen molar-refractivity contribution in [2.75, 3.05) is 20.1 Å². The lowest BCUT2D eigenvalue weighted by atomic mass is 10.0. The fourth-order valence-corrected chi connectivity index (χ4v) is 4.79. The van der Waals surface area contributed by atoms with E-state index < -0.39 is 10.0 Å². The fourth-order valence-electron chi connectivity index (χ4n) is 2.96. The molecule has 1 N–H and O–H groups in total. The van der Waals surface area contributed by atoms with Gasteiger partial charge in [0, 0.05) is 12.6 Å². The molecule has 1 aliphatic rings. The molecule has 0 radical (unpaired) electrons. The second-order valence-electron chi connectivity index (χ2n) is 6.07. The molecule has 0 saturated carbocycles. The molecule has 118 valence electrons. The first-order chi connectivity index (χ1) is 9.96. The number of rotatable bonds is 6. The summed E-state index contributed by atoms with van der Waals surface area (Å²) in [7, 11) is -1.44. The summed E-state index contributed by atoms with van der Waals surface area (Å²) in [6.07, 6.45) is 2.84. The predicted octanol–water partition coefficient (Wildman–Crippen LogP) is 2.26. The van der Waals surface area contributed by atoms with Crippen LogP contribution < -0.4 is 5.32 Å². The molecule has 4 nitrogen and oxygen atoms in total. The number of benzene rings is 1. The molecule has 2 rings (SSSR count). The van der Waals surface area contributed by atoms with Gasteiger partial charge in [-0.05, 0) is 56.5 Å². The molecule has 1 fully saturated rings. The largest absolute Gasteiger partial charge is 0.319 e. The monoisotopic (exact) mass is 310 g/mol. The van der Waals surface area contributed by atoms with Gasteiger partial charge in [0.15, 0.2) is 0 Å². The summed E-state index contributed by atoms with van der Waals surface area (Å²) in [5.41, 5.74) is 1.16. The number of nitrogens with zero attached hydrogens (tertiary/aromatic N) is 1. The first-order valence-electron chi connectivity index (χ1n) is 7.72. The third-order valence-corrected chi connectivity index (χ3v) is 6.15. The van der Waals surface area contributed by atoms with Gasteiger partial charge in [0.05, 0.1) is 4.90 Å². The van der Waals surface area contributed by atoms with E-state index in [1.165, 1.54) is 0 Å². The van der Waals surface area contributed by atoms with Crippen LogP contribution in [0.2, 0.25) is 0 Å². The number of sulfonamides is 1. The zero-order valence-electron chi connectivity index (χ0n) is 13.2. The summed E-state index contributed by atoms with van der Waals surface area (Å²) in [5.74, 6) is 0.358. The highest BCUT2D eigenvalue weighted by Crippen LogP contribution is 2.30. The molecule has 0 spiro atoms. The van der Waals surface area contributed by atoms with Gasteiger partial charge in [-0.25, -0.2) is 8.42 Å². The Morgan fingerprint density at radius 3 is 2.52 bits per heavy atom. The van der Waals surface area contributed by atoms with Gasteiger partial charge in [-0.2, -0.15) is 4.31 Å². The minimum Gasteiger partial charge on any atom is -0.319 e. The Labute approximate surface area is 128 Å². The Morgan fingerprint density at radius 2 is 1.95 bits per heavy atom. The smallest absolute Gasteiger partial charge is 0.243 e. The third kappa shape index (κ3) is 3.65. The van der Waals surface area contributed by atoms with E-state index >= 15 is 0 Å². The first-order valence-corrected chi connectivity index (χ1v) is 9.16. The van der Waals surface area contributed by atoms with Gasteiger partial charge < -0.3 is 5.32 Å². The second kappa shape index (κ2) is 6.90. The quantitative estimate of drug-likeness (QED) is 0.877. The molecule has 0 bridgehead atoms. The Hall–Kier alpha value is -0.910. The van der Waals surface area contributed by atoms with Crippen LogP contribution in [0, 0.1) is 5.92 Å². The maximum Gasteiger partial charge on any atom is 0.243 e. The molecule has 5 heteroatoms. The minimum atomic E-state index is -3.35. The highest BCUT2D eigenvalue weighted by Gasteiger charge is 2.36. The molecule has 1 saturated heterocycles. The molecule has 1 heterocycles. The molecule has 1 aromatic carbocycles. The molecule has 0 amide bonds.